The first kappa shape index (κ1) is 22.8. The Bertz CT molecular complexity index is 652. The van der Waals surface area contributed by atoms with E-state index in [-0.39, 0.29) is 6.04 Å². The summed E-state index contributed by atoms with van der Waals surface area (Å²) in [7, 11) is 6.03. The predicted octanol–water partition coefficient (Wildman–Crippen LogP) is 1.96. The van der Waals surface area contributed by atoms with Gasteiger partial charge in [0.25, 0.3) is 0 Å². The van der Waals surface area contributed by atoms with Crippen LogP contribution in [0.4, 0.5) is 0 Å². The molecule has 7 nitrogen and oxygen atoms in total. The lowest BCUT2D eigenvalue weighted by atomic mass is 10.0. The standard InChI is InChI=1S/C23H39N5O2/c1-5-24-23(25-16-21(27(2)3)18-6-7-18)26-17-22(28-12-14-30-15-13-28)19-8-10-20(29-4)11-9-19/h8-11,18,21-22H,5-7,12-17H2,1-4H3,(H2,24,25,26). The average molecular weight is 418 g/mol. The van der Waals surface area contributed by atoms with Gasteiger partial charge in [-0.05, 0) is 57.5 Å². The SMILES string of the molecule is CCNC(=NCC(C1CC1)N(C)C)NCC(c1ccc(OC)cc1)N1CCOCC1. The molecule has 0 bridgehead atoms. The fraction of sp³-hybridized carbons (Fsp3) is 0.696. The largest absolute Gasteiger partial charge is 0.497 e. The van der Waals surface area contributed by atoms with E-state index in [0.29, 0.717) is 6.04 Å². The molecule has 7 heteroatoms. The maximum Gasteiger partial charge on any atom is 0.191 e. The van der Waals surface area contributed by atoms with E-state index < -0.39 is 0 Å². The molecule has 1 saturated heterocycles. The van der Waals surface area contributed by atoms with Crippen LogP contribution in [-0.2, 0) is 4.74 Å². The lowest BCUT2D eigenvalue weighted by molar-refractivity contribution is 0.0170. The molecule has 0 radical (unpaired) electrons. The minimum absolute atomic E-state index is 0.261. The van der Waals surface area contributed by atoms with Crippen LogP contribution in [0.25, 0.3) is 0 Å². The maximum atomic E-state index is 5.58. The van der Waals surface area contributed by atoms with Crippen molar-refractivity contribution < 1.29 is 9.47 Å². The van der Waals surface area contributed by atoms with Gasteiger partial charge in [0, 0.05) is 32.2 Å². The molecule has 1 aliphatic carbocycles. The van der Waals surface area contributed by atoms with Crippen molar-refractivity contribution in [2.45, 2.75) is 31.8 Å². The van der Waals surface area contributed by atoms with Gasteiger partial charge in [0.15, 0.2) is 5.96 Å². The first-order chi connectivity index (χ1) is 14.6. The summed E-state index contributed by atoms with van der Waals surface area (Å²) in [6.07, 6.45) is 2.66. The number of nitrogens with zero attached hydrogens (tertiary/aromatic N) is 3. The number of methoxy groups -OCH3 is 1. The second kappa shape index (κ2) is 11.5. The summed E-state index contributed by atoms with van der Waals surface area (Å²) in [5, 5.41) is 7.03. The highest BCUT2D eigenvalue weighted by molar-refractivity contribution is 5.79. The van der Waals surface area contributed by atoms with E-state index in [1.54, 1.807) is 7.11 Å². The second-order valence-corrected chi connectivity index (χ2v) is 8.41. The van der Waals surface area contributed by atoms with Crippen molar-refractivity contribution in [1.29, 1.82) is 0 Å². The van der Waals surface area contributed by atoms with Gasteiger partial charge in [-0.2, -0.15) is 0 Å². The van der Waals surface area contributed by atoms with Crippen LogP contribution in [0.2, 0.25) is 0 Å². The molecule has 1 saturated carbocycles. The van der Waals surface area contributed by atoms with Crippen molar-refractivity contribution in [2.75, 3.05) is 67.1 Å². The van der Waals surface area contributed by atoms with Crippen LogP contribution in [0.3, 0.4) is 0 Å². The number of hydrogen-bond acceptors (Lipinski definition) is 5. The van der Waals surface area contributed by atoms with Crippen molar-refractivity contribution in [1.82, 2.24) is 20.4 Å². The third-order valence-electron chi connectivity index (χ3n) is 6.06. The zero-order valence-corrected chi connectivity index (χ0v) is 19.1. The minimum Gasteiger partial charge on any atom is -0.497 e. The Kier molecular flexibility index (Phi) is 8.78. The van der Waals surface area contributed by atoms with E-state index in [2.05, 4.69) is 53.6 Å². The molecule has 1 aromatic carbocycles. The molecule has 30 heavy (non-hydrogen) atoms. The quantitative estimate of drug-likeness (QED) is 0.448. The number of rotatable bonds is 10. The van der Waals surface area contributed by atoms with Crippen LogP contribution < -0.4 is 15.4 Å². The summed E-state index contributed by atoms with van der Waals surface area (Å²) in [6, 6.07) is 9.20. The Labute approximate surface area is 181 Å². The normalized spacial score (nSPS) is 20.1. The highest BCUT2D eigenvalue weighted by atomic mass is 16.5. The Morgan fingerprint density at radius 3 is 2.47 bits per heavy atom. The van der Waals surface area contributed by atoms with Gasteiger partial charge in [-0.3, -0.25) is 9.89 Å². The van der Waals surface area contributed by atoms with E-state index in [9.17, 15) is 0 Å². The summed E-state index contributed by atoms with van der Waals surface area (Å²) in [4.78, 5) is 9.74. The molecule has 0 aromatic heterocycles. The van der Waals surface area contributed by atoms with Crippen molar-refractivity contribution in [3.63, 3.8) is 0 Å². The molecule has 1 aliphatic heterocycles. The van der Waals surface area contributed by atoms with Crippen molar-refractivity contribution >= 4 is 5.96 Å². The minimum atomic E-state index is 0.261. The van der Waals surface area contributed by atoms with E-state index in [0.717, 1.165) is 63.6 Å². The lowest BCUT2D eigenvalue weighted by Gasteiger charge is -2.35. The van der Waals surface area contributed by atoms with Gasteiger partial charge in [0.1, 0.15) is 5.75 Å². The zero-order chi connectivity index (χ0) is 21.3. The van der Waals surface area contributed by atoms with Crippen LogP contribution in [0.15, 0.2) is 29.3 Å². The van der Waals surface area contributed by atoms with Gasteiger partial charge in [-0.15, -0.1) is 0 Å². The molecule has 2 unspecified atom stereocenters. The number of aliphatic imine (C=N–C) groups is 1. The fourth-order valence-corrected chi connectivity index (χ4v) is 4.11. The van der Waals surface area contributed by atoms with Gasteiger partial charge in [0.05, 0.1) is 32.9 Å². The van der Waals surface area contributed by atoms with E-state index >= 15 is 0 Å². The highest BCUT2D eigenvalue weighted by Crippen LogP contribution is 2.34. The molecule has 2 fully saturated rings. The molecule has 0 spiro atoms. The van der Waals surface area contributed by atoms with Crippen molar-refractivity contribution in [3.8, 4) is 5.75 Å². The summed E-state index contributed by atoms with van der Waals surface area (Å²) in [5.74, 6) is 2.58. The molecule has 0 amide bonds. The number of benzene rings is 1. The maximum absolute atomic E-state index is 5.58. The smallest absolute Gasteiger partial charge is 0.191 e. The number of nitrogens with one attached hydrogen (secondary N) is 2. The molecule has 2 atom stereocenters. The van der Waals surface area contributed by atoms with E-state index in [1.807, 2.05) is 12.1 Å². The topological polar surface area (TPSA) is 61.4 Å². The Morgan fingerprint density at radius 2 is 1.90 bits per heavy atom. The molecule has 2 N–H and O–H groups in total. The first-order valence-electron chi connectivity index (χ1n) is 11.3. The van der Waals surface area contributed by atoms with Gasteiger partial charge < -0.3 is 25.0 Å². The van der Waals surface area contributed by atoms with E-state index in [4.69, 9.17) is 14.5 Å². The molecule has 1 aromatic rings. The average Bonchev–Trinajstić information content (AvgIpc) is 3.60. The fourth-order valence-electron chi connectivity index (χ4n) is 4.11. The van der Waals surface area contributed by atoms with Crippen LogP contribution in [0.5, 0.6) is 5.75 Å². The van der Waals surface area contributed by atoms with Crippen LogP contribution in [0.1, 0.15) is 31.4 Å². The van der Waals surface area contributed by atoms with Gasteiger partial charge in [-0.25, -0.2) is 0 Å². The van der Waals surface area contributed by atoms with Crippen LogP contribution in [0, 0.1) is 5.92 Å². The third kappa shape index (κ3) is 6.59. The predicted molar refractivity (Wildman–Crippen MR) is 122 cm³/mol. The molecular formula is C23H39N5O2. The molecule has 1 heterocycles. The highest BCUT2D eigenvalue weighted by Gasteiger charge is 2.32. The summed E-state index contributed by atoms with van der Waals surface area (Å²) in [6.45, 7) is 8.05. The van der Waals surface area contributed by atoms with Crippen LogP contribution in [-0.4, -0.2) is 88.9 Å². The number of guanidine groups is 1. The van der Waals surface area contributed by atoms with Crippen LogP contribution >= 0.6 is 0 Å². The second-order valence-electron chi connectivity index (χ2n) is 8.41. The number of ether oxygens (including phenoxy) is 2. The van der Waals surface area contributed by atoms with E-state index in [1.165, 1.54) is 18.4 Å². The van der Waals surface area contributed by atoms with Gasteiger partial charge in [0.2, 0.25) is 0 Å². The molecular weight excluding hydrogens is 378 g/mol. The molecule has 3 rings (SSSR count). The summed E-state index contributed by atoms with van der Waals surface area (Å²) >= 11 is 0. The van der Waals surface area contributed by atoms with Crippen molar-refractivity contribution in [2.24, 2.45) is 10.9 Å². The zero-order valence-electron chi connectivity index (χ0n) is 19.1. The number of morpholine rings is 1. The lowest BCUT2D eigenvalue weighted by Crippen LogP contribution is -2.46. The van der Waals surface area contributed by atoms with Crippen molar-refractivity contribution in [3.05, 3.63) is 29.8 Å². The third-order valence-corrected chi connectivity index (χ3v) is 6.06. The molecule has 2 aliphatic rings. The van der Waals surface area contributed by atoms with Gasteiger partial charge >= 0.3 is 0 Å². The summed E-state index contributed by atoms with van der Waals surface area (Å²) < 4.78 is 10.9. The summed E-state index contributed by atoms with van der Waals surface area (Å²) in [5.41, 5.74) is 1.28. The van der Waals surface area contributed by atoms with Gasteiger partial charge in [-0.1, -0.05) is 12.1 Å². The molecule has 168 valence electrons. The Morgan fingerprint density at radius 1 is 1.20 bits per heavy atom. The Hall–Kier alpha value is -1.83. The monoisotopic (exact) mass is 417 g/mol. The Balaban J connectivity index is 1.68. The number of hydrogen-bond donors (Lipinski definition) is 2. The first-order valence-corrected chi connectivity index (χ1v) is 11.3. The number of likely N-dealkylation sites (N-methyl/N-ethyl adjacent to an activating group) is 1.